The van der Waals surface area contributed by atoms with Crippen molar-refractivity contribution in [3.05, 3.63) is 70.8 Å². The molecule has 1 saturated heterocycles. The highest BCUT2D eigenvalue weighted by molar-refractivity contribution is 5.87. The summed E-state index contributed by atoms with van der Waals surface area (Å²) in [5.74, 6) is -0.570. The Bertz CT molecular complexity index is 989. The van der Waals surface area contributed by atoms with Gasteiger partial charge in [0, 0.05) is 12.6 Å². The molecular weight excluding hydrogens is 421 g/mol. The summed E-state index contributed by atoms with van der Waals surface area (Å²) in [4.78, 5) is 26.3. The summed E-state index contributed by atoms with van der Waals surface area (Å²) in [6.07, 6.45) is -1.69. The number of hydrogen-bond acceptors (Lipinski definition) is 3. The molecule has 1 saturated carbocycles. The molecule has 4 rings (SSSR count). The van der Waals surface area contributed by atoms with E-state index in [1.165, 1.54) is 24.3 Å². The molecule has 2 N–H and O–H groups in total. The molecule has 0 aromatic heterocycles. The van der Waals surface area contributed by atoms with Crippen LogP contribution in [0.25, 0.3) is 0 Å². The number of carboxylic acids is 1. The van der Waals surface area contributed by atoms with Gasteiger partial charge in [0.2, 0.25) is 5.91 Å². The van der Waals surface area contributed by atoms with Crippen molar-refractivity contribution in [1.29, 1.82) is 0 Å². The van der Waals surface area contributed by atoms with Crippen molar-refractivity contribution in [2.45, 2.75) is 57.0 Å². The van der Waals surface area contributed by atoms with E-state index >= 15 is 0 Å². The molecule has 8 heteroatoms. The number of nitrogens with one attached hydrogen (secondary N) is 1. The van der Waals surface area contributed by atoms with E-state index in [9.17, 15) is 22.8 Å². The minimum atomic E-state index is -4.37. The fraction of sp³-hybridized carbons (Fsp3) is 0.417. The van der Waals surface area contributed by atoms with Crippen molar-refractivity contribution in [2.75, 3.05) is 0 Å². The zero-order valence-electron chi connectivity index (χ0n) is 17.6. The Morgan fingerprint density at radius 2 is 1.75 bits per heavy atom. The molecule has 170 valence electrons. The highest BCUT2D eigenvalue weighted by Gasteiger charge is 2.49. The van der Waals surface area contributed by atoms with Crippen molar-refractivity contribution in [3.63, 3.8) is 0 Å². The number of benzene rings is 2. The molecule has 0 spiro atoms. The number of alkyl halides is 3. The van der Waals surface area contributed by atoms with Gasteiger partial charge in [0.25, 0.3) is 0 Å². The van der Waals surface area contributed by atoms with Crippen LogP contribution in [0.3, 0.4) is 0 Å². The van der Waals surface area contributed by atoms with E-state index in [1.54, 1.807) is 12.1 Å². The number of nitrogens with zero attached hydrogens (tertiary/aromatic N) is 1. The Morgan fingerprint density at radius 1 is 1.09 bits per heavy atom. The van der Waals surface area contributed by atoms with E-state index in [4.69, 9.17) is 5.11 Å². The molecule has 2 fully saturated rings. The Kier molecular flexibility index (Phi) is 5.99. The molecule has 2 unspecified atom stereocenters. The third-order valence-corrected chi connectivity index (χ3v) is 6.49. The first-order valence-electron chi connectivity index (χ1n) is 10.7. The molecule has 1 aliphatic heterocycles. The number of likely N-dealkylation sites (tertiary alicyclic amines) is 1. The first-order chi connectivity index (χ1) is 15.1. The summed E-state index contributed by atoms with van der Waals surface area (Å²) in [5, 5.41) is 12.1. The lowest BCUT2D eigenvalue weighted by molar-refractivity contribution is -0.137. The lowest BCUT2D eigenvalue weighted by Crippen LogP contribution is -2.50. The summed E-state index contributed by atoms with van der Waals surface area (Å²) in [6, 6.07) is 11.2. The van der Waals surface area contributed by atoms with E-state index in [-0.39, 0.29) is 29.6 Å². The van der Waals surface area contributed by atoms with Crippen molar-refractivity contribution >= 4 is 11.9 Å². The highest BCUT2D eigenvalue weighted by atomic mass is 19.4. The van der Waals surface area contributed by atoms with Gasteiger partial charge in [-0.3, -0.25) is 9.69 Å². The van der Waals surface area contributed by atoms with E-state index in [0.717, 1.165) is 36.1 Å². The number of halogens is 3. The van der Waals surface area contributed by atoms with Gasteiger partial charge >= 0.3 is 12.1 Å². The number of amides is 1. The number of rotatable bonds is 6. The van der Waals surface area contributed by atoms with Gasteiger partial charge in [-0.15, -0.1) is 0 Å². The monoisotopic (exact) mass is 446 g/mol. The maximum Gasteiger partial charge on any atom is 0.416 e. The Hall–Kier alpha value is -2.87. The predicted octanol–water partition coefficient (Wildman–Crippen LogP) is 4.63. The molecule has 0 bridgehead atoms. The fourth-order valence-corrected chi connectivity index (χ4v) is 4.54. The summed E-state index contributed by atoms with van der Waals surface area (Å²) in [7, 11) is 0. The van der Waals surface area contributed by atoms with E-state index in [1.807, 2.05) is 6.92 Å². The summed E-state index contributed by atoms with van der Waals surface area (Å²) >= 11 is 0. The first kappa shape index (κ1) is 22.3. The van der Waals surface area contributed by atoms with Gasteiger partial charge in [-0.2, -0.15) is 13.2 Å². The maximum absolute atomic E-state index is 13.1. The van der Waals surface area contributed by atoms with Gasteiger partial charge in [-0.1, -0.05) is 24.3 Å². The topological polar surface area (TPSA) is 69.6 Å². The van der Waals surface area contributed by atoms with Gasteiger partial charge in [-0.05, 0) is 67.5 Å². The number of aromatic carboxylic acids is 1. The molecule has 2 aliphatic rings. The second kappa shape index (κ2) is 8.58. The number of piperidine rings is 1. The van der Waals surface area contributed by atoms with Gasteiger partial charge < -0.3 is 10.4 Å². The Morgan fingerprint density at radius 3 is 2.34 bits per heavy atom. The summed E-state index contributed by atoms with van der Waals surface area (Å²) < 4.78 is 38.5. The van der Waals surface area contributed by atoms with Crippen LogP contribution in [0.15, 0.2) is 48.5 Å². The highest BCUT2D eigenvalue weighted by Crippen LogP contribution is 2.46. The van der Waals surface area contributed by atoms with E-state index < -0.39 is 17.7 Å². The van der Waals surface area contributed by atoms with Crippen LogP contribution in [-0.4, -0.2) is 34.0 Å². The number of fused-ring (bicyclic) bond motifs is 1. The lowest BCUT2D eigenvalue weighted by Gasteiger charge is -2.35. The maximum atomic E-state index is 13.1. The second-order valence-electron chi connectivity index (χ2n) is 8.68. The number of carboxylic acid groups (broad SMARTS) is 1. The zero-order valence-corrected chi connectivity index (χ0v) is 17.6. The largest absolute Gasteiger partial charge is 0.478 e. The van der Waals surface area contributed by atoms with Gasteiger partial charge in [0.05, 0.1) is 23.2 Å². The van der Waals surface area contributed by atoms with E-state index in [0.29, 0.717) is 18.9 Å². The average molecular weight is 446 g/mol. The van der Waals surface area contributed by atoms with Crippen molar-refractivity contribution < 1.29 is 27.9 Å². The molecule has 32 heavy (non-hydrogen) atoms. The molecular formula is C24H25F3N2O3. The van der Waals surface area contributed by atoms with Crippen molar-refractivity contribution in [2.24, 2.45) is 5.92 Å². The molecule has 1 aliphatic carbocycles. The zero-order chi connectivity index (χ0) is 23.0. The van der Waals surface area contributed by atoms with Crippen molar-refractivity contribution in [3.8, 4) is 0 Å². The summed E-state index contributed by atoms with van der Waals surface area (Å²) in [5.41, 5.74) is 1.06. The molecule has 2 aromatic rings. The molecule has 1 amide bonds. The van der Waals surface area contributed by atoms with Gasteiger partial charge in [0.15, 0.2) is 0 Å². The normalized spacial score (nSPS) is 23.8. The summed E-state index contributed by atoms with van der Waals surface area (Å²) in [6.45, 7) is 2.27. The molecule has 5 nitrogen and oxygen atoms in total. The number of carbonyl (C=O) groups is 2. The smallest absolute Gasteiger partial charge is 0.416 e. The standard InChI is InChI=1S/C24H25F3N2O3/c1-14(16-4-6-17(7-5-16)23(31)32)28-22(30)20-11-8-18-12-21(18)29(20)13-15-2-9-19(10-3-15)24(25,26)27/h2-7,9-10,14,18,20-21H,8,11-13H2,1H3,(H,28,30)(H,31,32)/t14-,18?,20+,21?/m0/s1. The molecule has 2 aromatic carbocycles. The van der Waals surface area contributed by atoms with Crippen LogP contribution in [-0.2, 0) is 17.5 Å². The van der Waals surface area contributed by atoms with E-state index in [2.05, 4.69) is 10.2 Å². The molecule has 1 heterocycles. The number of carbonyl (C=O) groups excluding carboxylic acids is 1. The van der Waals surface area contributed by atoms with Crippen LogP contribution in [0.1, 0.15) is 59.3 Å². The van der Waals surface area contributed by atoms with Crippen LogP contribution in [0.2, 0.25) is 0 Å². The average Bonchev–Trinajstić information content (AvgIpc) is 3.54. The lowest BCUT2D eigenvalue weighted by atomic mass is 9.99. The SMILES string of the molecule is C[C@H](NC(=O)[C@H]1CCC2CC2N1Cc1ccc(C(F)(F)F)cc1)c1ccc(C(=O)O)cc1. The third kappa shape index (κ3) is 4.80. The van der Waals surface area contributed by atoms with Gasteiger partial charge in [0.1, 0.15) is 0 Å². The minimum Gasteiger partial charge on any atom is -0.478 e. The third-order valence-electron chi connectivity index (χ3n) is 6.49. The Balaban J connectivity index is 1.44. The minimum absolute atomic E-state index is 0.114. The second-order valence-corrected chi connectivity index (χ2v) is 8.68. The fourth-order valence-electron chi connectivity index (χ4n) is 4.54. The van der Waals surface area contributed by atoms with Crippen LogP contribution >= 0.6 is 0 Å². The molecule has 4 atom stereocenters. The molecule has 0 radical (unpaired) electrons. The van der Waals surface area contributed by atoms with Crippen LogP contribution < -0.4 is 5.32 Å². The number of hydrogen-bond donors (Lipinski definition) is 2. The Labute approximate surface area is 184 Å². The van der Waals surface area contributed by atoms with Crippen LogP contribution in [0, 0.1) is 5.92 Å². The first-order valence-corrected chi connectivity index (χ1v) is 10.7. The van der Waals surface area contributed by atoms with Crippen LogP contribution in [0.4, 0.5) is 13.2 Å². The van der Waals surface area contributed by atoms with Crippen molar-refractivity contribution in [1.82, 2.24) is 10.2 Å². The van der Waals surface area contributed by atoms with Gasteiger partial charge in [-0.25, -0.2) is 4.79 Å². The quantitative estimate of drug-likeness (QED) is 0.679. The predicted molar refractivity (Wildman–Crippen MR) is 112 cm³/mol. The van der Waals surface area contributed by atoms with Crippen LogP contribution in [0.5, 0.6) is 0 Å².